The molecule has 3 rings (SSSR count). The summed E-state index contributed by atoms with van der Waals surface area (Å²) in [4.78, 5) is 8.04. The van der Waals surface area contributed by atoms with Crippen LogP contribution in [0.25, 0.3) is 10.9 Å². The van der Waals surface area contributed by atoms with E-state index in [2.05, 4.69) is 28.6 Å². The molecule has 1 aromatic heterocycles. The molecule has 0 bridgehead atoms. The van der Waals surface area contributed by atoms with E-state index < -0.39 is 6.10 Å². The predicted octanol–water partition coefficient (Wildman–Crippen LogP) is 2.32. The van der Waals surface area contributed by atoms with E-state index in [0.717, 1.165) is 42.8 Å². The Morgan fingerprint density at radius 3 is 2.96 bits per heavy atom. The van der Waals surface area contributed by atoms with Gasteiger partial charge >= 0.3 is 0 Å². The molecule has 24 heavy (non-hydrogen) atoms. The second-order valence-electron chi connectivity index (χ2n) is 6.58. The molecule has 2 unspecified atom stereocenters. The van der Waals surface area contributed by atoms with E-state index in [4.69, 9.17) is 4.74 Å². The molecule has 1 aromatic carbocycles. The first-order valence-corrected chi connectivity index (χ1v) is 9.04. The third-order valence-corrected chi connectivity index (χ3v) is 5.03. The molecule has 5 nitrogen and oxygen atoms in total. The van der Waals surface area contributed by atoms with Crippen molar-refractivity contribution in [1.29, 1.82) is 0 Å². The fraction of sp³-hybridized carbons (Fsp3) is 0.579. The molecule has 1 saturated heterocycles. The quantitative estimate of drug-likeness (QED) is 0.779. The molecule has 2 aromatic rings. The second kappa shape index (κ2) is 8.01. The number of aromatic amines is 1. The van der Waals surface area contributed by atoms with E-state index in [1.807, 2.05) is 30.5 Å². The Bertz CT molecular complexity index is 638. The van der Waals surface area contributed by atoms with Gasteiger partial charge in [-0.25, -0.2) is 0 Å². The predicted molar refractivity (Wildman–Crippen MR) is 97.6 cm³/mol. The summed E-state index contributed by atoms with van der Waals surface area (Å²) < 4.78 is 5.86. The summed E-state index contributed by atoms with van der Waals surface area (Å²) in [6.07, 6.45) is 2.64. The van der Waals surface area contributed by atoms with Crippen molar-refractivity contribution in [1.82, 2.24) is 14.8 Å². The number of nitrogens with one attached hydrogen (secondary N) is 1. The lowest BCUT2D eigenvalue weighted by Crippen LogP contribution is -2.39. The van der Waals surface area contributed by atoms with Crippen molar-refractivity contribution in [2.45, 2.75) is 32.4 Å². The van der Waals surface area contributed by atoms with Crippen LogP contribution in [0.3, 0.4) is 0 Å². The molecule has 0 radical (unpaired) electrons. The number of aromatic nitrogens is 1. The van der Waals surface area contributed by atoms with Crippen LogP contribution in [0, 0.1) is 0 Å². The zero-order valence-corrected chi connectivity index (χ0v) is 14.7. The molecule has 1 aliphatic rings. The highest BCUT2D eigenvalue weighted by atomic mass is 16.5. The van der Waals surface area contributed by atoms with Gasteiger partial charge in [-0.3, -0.25) is 9.80 Å². The van der Waals surface area contributed by atoms with Crippen LogP contribution in [0.5, 0.6) is 5.75 Å². The highest BCUT2D eigenvalue weighted by Gasteiger charge is 2.27. The van der Waals surface area contributed by atoms with Crippen LogP contribution in [-0.2, 0) is 0 Å². The maximum absolute atomic E-state index is 10.3. The van der Waals surface area contributed by atoms with E-state index >= 15 is 0 Å². The molecular weight excluding hydrogens is 302 g/mol. The molecule has 132 valence electrons. The van der Waals surface area contributed by atoms with Crippen LogP contribution in [0.1, 0.15) is 20.3 Å². The average molecular weight is 331 g/mol. The van der Waals surface area contributed by atoms with Crippen LogP contribution in [0.2, 0.25) is 0 Å². The highest BCUT2D eigenvalue weighted by molar-refractivity contribution is 5.85. The number of ether oxygens (including phenoxy) is 1. The first kappa shape index (κ1) is 17.3. The van der Waals surface area contributed by atoms with Gasteiger partial charge in [-0.2, -0.15) is 0 Å². The number of hydrogen-bond acceptors (Lipinski definition) is 4. The van der Waals surface area contributed by atoms with Crippen LogP contribution in [0.15, 0.2) is 30.5 Å². The summed E-state index contributed by atoms with van der Waals surface area (Å²) in [7, 11) is 0. The van der Waals surface area contributed by atoms with Gasteiger partial charge in [0.05, 0.1) is 0 Å². The maximum atomic E-state index is 10.3. The summed E-state index contributed by atoms with van der Waals surface area (Å²) in [5.74, 6) is 0.829. The molecule has 1 fully saturated rings. The van der Waals surface area contributed by atoms with Crippen molar-refractivity contribution in [2.75, 3.05) is 39.3 Å². The molecule has 0 amide bonds. The SMILES string of the molecule is CCN(CC)C1CCN(CC(O)COc2cccc3[nH]ccc23)C1. The van der Waals surface area contributed by atoms with Crippen LogP contribution >= 0.6 is 0 Å². The van der Waals surface area contributed by atoms with E-state index in [-0.39, 0.29) is 0 Å². The number of nitrogens with zero attached hydrogens (tertiary/aromatic N) is 2. The Morgan fingerprint density at radius 1 is 1.33 bits per heavy atom. The number of likely N-dealkylation sites (tertiary alicyclic amines) is 1. The van der Waals surface area contributed by atoms with Crippen molar-refractivity contribution in [2.24, 2.45) is 0 Å². The van der Waals surface area contributed by atoms with Gasteiger partial charge in [-0.1, -0.05) is 19.9 Å². The van der Waals surface area contributed by atoms with Gasteiger partial charge in [0, 0.05) is 36.2 Å². The van der Waals surface area contributed by atoms with Crippen molar-refractivity contribution in [3.8, 4) is 5.75 Å². The zero-order chi connectivity index (χ0) is 16.9. The highest BCUT2D eigenvalue weighted by Crippen LogP contribution is 2.24. The van der Waals surface area contributed by atoms with Crippen molar-refractivity contribution in [3.05, 3.63) is 30.5 Å². The van der Waals surface area contributed by atoms with Crippen LogP contribution < -0.4 is 4.74 Å². The standard InChI is InChI=1S/C19H29N3O2/c1-3-22(4-2)15-9-11-21(12-15)13-16(23)14-24-19-7-5-6-18-17(19)8-10-20-18/h5-8,10,15-16,20,23H,3-4,9,11-14H2,1-2H3. The number of hydrogen-bond donors (Lipinski definition) is 2. The van der Waals surface area contributed by atoms with E-state index in [9.17, 15) is 5.11 Å². The van der Waals surface area contributed by atoms with Gasteiger partial charge in [0.15, 0.2) is 0 Å². The van der Waals surface area contributed by atoms with Gasteiger partial charge < -0.3 is 14.8 Å². The molecule has 2 N–H and O–H groups in total. The van der Waals surface area contributed by atoms with Gasteiger partial charge in [-0.15, -0.1) is 0 Å². The van der Waals surface area contributed by atoms with Crippen molar-refractivity contribution < 1.29 is 9.84 Å². The molecule has 2 heterocycles. The molecule has 1 aliphatic heterocycles. The topological polar surface area (TPSA) is 51.7 Å². The molecule has 5 heteroatoms. The summed E-state index contributed by atoms with van der Waals surface area (Å²) in [5.41, 5.74) is 1.06. The van der Waals surface area contributed by atoms with Gasteiger partial charge in [0.25, 0.3) is 0 Å². The summed E-state index contributed by atoms with van der Waals surface area (Å²) in [5, 5.41) is 11.4. The number of aliphatic hydroxyl groups excluding tert-OH is 1. The van der Waals surface area contributed by atoms with Gasteiger partial charge in [0.1, 0.15) is 18.5 Å². The Hall–Kier alpha value is -1.56. The minimum atomic E-state index is -0.463. The van der Waals surface area contributed by atoms with E-state index in [0.29, 0.717) is 19.2 Å². The number of aliphatic hydroxyl groups is 1. The average Bonchev–Trinajstić information content (AvgIpc) is 3.23. The second-order valence-corrected chi connectivity index (χ2v) is 6.58. The smallest absolute Gasteiger partial charge is 0.128 e. The van der Waals surface area contributed by atoms with E-state index in [1.165, 1.54) is 6.42 Å². The number of H-pyrrole nitrogens is 1. The largest absolute Gasteiger partial charge is 0.490 e. The number of benzene rings is 1. The summed E-state index contributed by atoms with van der Waals surface area (Å²) >= 11 is 0. The lowest BCUT2D eigenvalue weighted by atomic mass is 10.2. The van der Waals surface area contributed by atoms with Crippen LogP contribution in [-0.4, -0.2) is 71.4 Å². The summed E-state index contributed by atoms with van der Waals surface area (Å²) in [6, 6.07) is 8.58. The fourth-order valence-corrected chi connectivity index (χ4v) is 3.74. The van der Waals surface area contributed by atoms with Crippen LogP contribution in [0.4, 0.5) is 0 Å². The first-order chi connectivity index (χ1) is 11.7. The molecule has 0 spiro atoms. The lowest BCUT2D eigenvalue weighted by molar-refractivity contribution is 0.0735. The Morgan fingerprint density at radius 2 is 2.17 bits per heavy atom. The maximum Gasteiger partial charge on any atom is 0.128 e. The minimum absolute atomic E-state index is 0.330. The number of likely N-dealkylation sites (N-methyl/N-ethyl adjacent to an activating group) is 1. The Kier molecular flexibility index (Phi) is 5.76. The zero-order valence-electron chi connectivity index (χ0n) is 14.7. The Balaban J connectivity index is 1.48. The number of fused-ring (bicyclic) bond motifs is 1. The number of rotatable bonds is 8. The molecule has 2 atom stereocenters. The minimum Gasteiger partial charge on any atom is -0.490 e. The Labute approximate surface area is 144 Å². The number of β-amino-alcohol motifs (C(OH)–C–C–N with tert-alkyl or cyclic N) is 1. The van der Waals surface area contributed by atoms with Gasteiger partial charge in [-0.05, 0) is 44.3 Å². The van der Waals surface area contributed by atoms with Gasteiger partial charge in [0.2, 0.25) is 0 Å². The molecule has 0 saturated carbocycles. The van der Waals surface area contributed by atoms with Crippen molar-refractivity contribution in [3.63, 3.8) is 0 Å². The molecule has 0 aliphatic carbocycles. The fourth-order valence-electron chi connectivity index (χ4n) is 3.74. The normalized spacial score (nSPS) is 20.1. The third kappa shape index (κ3) is 3.91. The lowest BCUT2D eigenvalue weighted by Gasteiger charge is -2.26. The summed E-state index contributed by atoms with van der Waals surface area (Å²) in [6.45, 7) is 9.75. The third-order valence-electron chi connectivity index (χ3n) is 5.03. The first-order valence-electron chi connectivity index (χ1n) is 9.04. The monoisotopic (exact) mass is 331 g/mol. The molecular formula is C19H29N3O2. The van der Waals surface area contributed by atoms with Crippen molar-refractivity contribution >= 4 is 10.9 Å². The van der Waals surface area contributed by atoms with E-state index in [1.54, 1.807) is 0 Å².